The standard InChI is InChI=1S/C26H44O5.C2H6.CH2O2.ClH/c1-3-4-5-8-14-27-18-20-29-21-19-28-15-9-6-7-10-16-30-24-11-12-26-25(22-24)23(2)13-17-31-26;1-2;2-1-3;/h11-12,22-23H,3-10,13-21H2,1-2H3;1-2H3;1H,(H,2,3);1H/t23-;;;/m0.../s1. The minimum Gasteiger partial charge on any atom is -0.494 e. The highest BCUT2D eigenvalue weighted by atomic mass is 35.5. The maximum atomic E-state index is 8.36. The van der Waals surface area contributed by atoms with Gasteiger partial charge in [0.25, 0.3) is 6.47 Å². The summed E-state index contributed by atoms with van der Waals surface area (Å²) in [6.07, 6.45) is 10.6. The van der Waals surface area contributed by atoms with E-state index in [0.29, 0.717) is 32.3 Å². The molecule has 7 nitrogen and oxygen atoms in total. The Balaban J connectivity index is 0. The molecule has 0 unspecified atom stereocenters. The first kappa shape index (κ1) is 37.6. The van der Waals surface area contributed by atoms with Crippen molar-refractivity contribution in [2.24, 2.45) is 0 Å². The largest absolute Gasteiger partial charge is 0.494 e. The van der Waals surface area contributed by atoms with Gasteiger partial charge in [0.05, 0.1) is 39.6 Å². The second kappa shape index (κ2) is 29.0. The van der Waals surface area contributed by atoms with Crippen molar-refractivity contribution in [3.8, 4) is 11.5 Å². The molecule has 2 rings (SSSR count). The van der Waals surface area contributed by atoms with Gasteiger partial charge in [-0.1, -0.05) is 53.4 Å². The first-order valence-electron chi connectivity index (χ1n) is 13.9. The van der Waals surface area contributed by atoms with Gasteiger partial charge >= 0.3 is 0 Å². The molecule has 218 valence electrons. The van der Waals surface area contributed by atoms with Crippen LogP contribution in [0.3, 0.4) is 0 Å². The fraction of sp³-hybridized carbons (Fsp3) is 0.759. The molecule has 1 atom stereocenters. The highest BCUT2D eigenvalue weighted by Gasteiger charge is 2.18. The van der Waals surface area contributed by atoms with E-state index in [1.54, 1.807) is 0 Å². The van der Waals surface area contributed by atoms with E-state index in [-0.39, 0.29) is 18.9 Å². The average molecular weight is 549 g/mol. The van der Waals surface area contributed by atoms with Crippen molar-refractivity contribution in [2.75, 3.05) is 52.9 Å². The predicted molar refractivity (Wildman–Crippen MR) is 153 cm³/mol. The fourth-order valence-electron chi connectivity index (χ4n) is 3.66. The van der Waals surface area contributed by atoms with Gasteiger partial charge in [-0.2, -0.15) is 0 Å². The van der Waals surface area contributed by atoms with Crippen LogP contribution in [0.25, 0.3) is 0 Å². The Bertz CT molecular complexity index is 616. The molecule has 0 aromatic heterocycles. The number of hydrogen-bond acceptors (Lipinski definition) is 6. The number of unbranched alkanes of at least 4 members (excludes halogenated alkanes) is 6. The van der Waals surface area contributed by atoms with Crippen molar-refractivity contribution < 1.29 is 33.6 Å². The number of hydrogen-bond donors (Lipinski definition) is 1. The van der Waals surface area contributed by atoms with E-state index in [0.717, 1.165) is 63.6 Å². The van der Waals surface area contributed by atoms with E-state index in [1.807, 2.05) is 26.0 Å². The zero-order valence-electron chi connectivity index (χ0n) is 23.7. The molecule has 0 saturated heterocycles. The Morgan fingerprint density at radius 1 is 0.865 bits per heavy atom. The minimum absolute atomic E-state index is 0. The lowest BCUT2D eigenvalue weighted by Crippen LogP contribution is -2.12. The number of ether oxygens (including phenoxy) is 5. The molecule has 0 amide bonds. The van der Waals surface area contributed by atoms with Crippen LogP contribution in [0.15, 0.2) is 18.2 Å². The second-order valence-corrected chi connectivity index (χ2v) is 8.50. The summed E-state index contributed by atoms with van der Waals surface area (Å²) in [5, 5.41) is 6.89. The molecule has 0 saturated carbocycles. The van der Waals surface area contributed by atoms with Crippen LogP contribution in [0.2, 0.25) is 0 Å². The Labute approximate surface area is 232 Å². The lowest BCUT2D eigenvalue weighted by molar-refractivity contribution is -0.122. The van der Waals surface area contributed by atoms with Gasteiger partial charge in [-0.25, -0.2) is 0 Å². The zero-order valence-corrected chi connectivity index (χ0v) is 24.5. The van der Waals surface area contributed by atoms with Crippen LogP contribution in [-0.2, 0) is 19.0 Å². The van der Waals surface area contributed by atoms with Gasteiger partial charge in [0.15, 0.2) is 0 Å². The van der Waals surface area contributed by atoms with Crippen molar-refractivity contribution in [3.63, 3.8) is 0 Å². The van der Waals surface area contributed by atoms with E-state index in [9.17, 15) is 0 Å². The molecule has 1 aliphatic heterocycles. The Hall–Kier alpha value is -1.54. The van der Waals surface area contributed by atoms with Gasteiger partial charge in [0, 0.05) is 18.8 Å². The molecular weight excluding hydrogens is 496 g/mol. The zero-order chi connectivity index (χ0) is 26.7. The molecule has 1 N–H and O–H groups in total. The third kappa shape index (κ3) is 21.1. The van der Waals surface area contributed by atoms with E-state index in [2.05, 4.69) is 19.9 Å². The van der Waals surface area contributed by atoms with E-state index >= 15 is 0 Å². The Morgan fingerprint density at radius 2 is 1.38 bits per heavy atom. The number of carboxylic acid groups (broad SMARTS) is 1. The van der Waals surface area contributed by atoms with Crippen LogP contribution in [0.4, 0.5) is 0 Å². The quantitative estimate of drug-likeness (QED) is 0.143. The van der Waals surface area contributed by atoms with Crippen molar-refractivity contribution in [2.45, 2.75) is 91.4 Å². The summed E-state index contributed by atoms with van der Waals surface area (Å²) in [6.45, 7) is 14.1. The molecule has 8 heteroatoms. The molecule has 1 aromatic carbocycles. The summed E-state index contributed by atoms with van der Waals surface area (Å²) in [4.78, 5) is 8.36. The van der Waals surface area contributed by atoms with Crippen LogP contribution in [0, 0.1) is 0 Å². The summed E-state index contributed by atoms with van der Waals surface area (Å²) in [6, 6.07) is 6.21. The molecular formula is C29H53ClO7. The average Bonchev–Trinajstić information content (AvgIpc) is 2.90. The summed E-state index contributed by atoms with van der Waals surface area (Å²) in [5.41, 5.74) is 1.28. The number of carbonyl (C=O) groups is 1. The second-order valence-electron chi connectivity index (χ2n) is 8.50. The topological polar surface area (TPSA) is 83.5 Å². The van der Waals surface area contributed by atoms with Gasteiger partial charge in [0.1, 0.15) is 11.5 Å². The third-order valence-electron chi connectivity index (χ3n) is 5.66. The van der Waals surface area contributed by atoms with Gasteiger partial charge in [0.2, 0.25) is 0 Å². The highest BCUT2D eigenvalue weighted by Crippen LogP contribution is 2.35. The van der Waals surface area contributed by atoms with E-state index in [4.69, 9.17) is 33.6 Å². The van der Waals surface area contributed by atoms with Gasteiger partial charge in [-0.3, -0.25) is 4.79 Å². The molecule has 1 aromatic rings. The van der Waals surface area contributed by atoms with Crippen LogP contribution in [0.1, 0.15) is 97.0 Å². The maximum Gasteiger partial charge on any atom is 0.290 e. The summed E-state index contributed by atoms with van der Waals surface area (Å²) in [5.74, 6) is 2.52. The molecule has 0 bridgehead atoms. The van der Waals surface area contributed by atoms with Crippen LogP contribution in [0.5, 0.6) is 11.5 Å². The highest BCUT2D eigenvalue weighted by molar-refractivity contribution is 5.85. The lowest BCUT2D eigenvalue weighted by Gasteiger charge is -2.23. The van der Waals surface area contributed by atoms with E-state index < -0.39 is 0 Å². The monoisotopic (exact) mass is 548 g/mol. The molecule has 1 heterocycles. The molecule has 0 aliphatic carbocycles. The first-order valence-corrected chi connectivity index (χ1v) is 13.9. The maximum absolute atomic E-state index is 8.36. The molecule has 0 radical (unpaired) electrons. The van der Waals surface area contributed by atoms with Crippen LogP contribution >= 0.6 is 12.4 Å². The molecule has 0 fully saturated rings. The van der Waals surface area contributed by atoms with Crippen LogP contribution < -0.4 is 9.47 Å². The van der Waals surface area contributed by atoms with Gasteiger partial charge in [-0.05, 0) is 56.2 Å². The Kier molecular flexibility index (Phi) is 29.5. The van der Waals surface area contributed by atoms with Gasteiger partial charge in [-0.15, -0.1) is 12.4 Å². The Morgan fingerprint density at radius 3 is 1.95 bits per heavy atom. The van der Waals surface area contributed by atoms with Gasteiger partial charge < -0.3 is 28.8 Å². The fourth-order valence-corrected chi connectivity index (χ4v) is 3.66. The summed E-state index contributed by atoms with van der Waals surface area (Å²) < 4.78 is 28.4. The summed E-state index contributed by atoms with van der Waals surface area (Å²) >= 11 is 0. The number of fused-ring (bicyclic) bond motifs is 1. The lowest BCUT2D eigenvalue weighted by atomic mass is 9.95. The predicted octanol–water partition coefficient (Wildman–Crippen LogP) is 7.29. The first-order chi connectivity index (χ1) is 17.7. The summed E-state index contributed by atoms with van der Waals surface area (Å²) in [7, 11) is 0. The van der Waals surface area contributed by atoms with Crippen LogP contribution in [-0.4, -0.2) is 64.4 Å². The van der Waals surface area contributed by atoms with Crippen molar-refractivity contribution in [3.05, 3.63) is 23.8 Å². The van der Waals surface area contributed by atoms with E-state index in [1.165, 1.54) is 37.7 Å². The normalized spacial score (nSPS) is 13.5. The SMILES string of the molecule is CC.CCCCCCOCCOCCOCCCCCCOc1ccc2c(c1)[C@@H](C)CCO2.Cl.O=CO. The van der Waals surface area contributed by atoms with Crippen molar-refractivity contribution >= 4 is 18.9 Å². The molecule has 37 heavy (non-hydrogen) atoms. The smallest absolute Gasteiger partial charge is 0.290 e. The number of benzene rings is 1. The minimum atomic E-state index is -0.250. The molecule has 0 spiro atoms. The van der Waals surface area contributed by atoms with Crippen molar-refractivity contribution in [1.29, 1.82) is 0 Å². The van der Waals surface area contributed by atoms with Crippen molar-refractivity contribution in [1.82, 2.24) is 0 Å². The number of rotatable bonds is 19. The number of halogens is 1. The third-order valence-corrected chi connectivity index (χ3v) is 5.66. The molecule has 1 aliphatic rings.